The second-order valence-electron chi connectivity index (χ2n) is 6.93. The molecule has 0 amide bonds. The van der Waals surface area contributed by atoms with Crippen LogP contribution < -0.4 is 5.63 Å². The van der Waals surface area contributed by atoms with Gasteiger partial charge in [-0.3, -0.25) is 0 Å². The van der Waals surface area contributed by atoms with Crippen molar-refractivity contribution in [3.05, 3.63) is 81.2 Å². The predicted octanol–water partition coefficient (Wildman–Crippen LogP) is 5.85. The van der Waals surface area contributed by atoms with E-state index in [2.05, 4.69) is 57.2 Å². The summed E-state index contributed by atoms with van der Waals surface area (Å²) in [6.07, 6.45) is 0. The summed E-state index contributed by atoms with van der Waals surface area (Å²) in [7, 11) is 0. The Morgan fingerprint density at radius 1 is 0.720 bits per heavy atom. The zero-order chi connectivity index (χ0) is 17.7. The fourth-order valence-electron chi connectivity index (χ4n) is 3.57. The van der Waals surface area contributed by atoms with E-state index in [4.69, 9.17) is 4.42 Å². The third-order valence-corrected chi connectivity index (χ3v) is 4.81. The Kier molecular flexibility index (Phi) is 3.50. The van der Waals surface area contributed by atoms with Crippen LogP contribution in [0, 0.1) is 27.7 Å². The molecule has 0 atom stereocenters. The lowest BCUT2D eigenvalue weighted by molar-refractivity contribution is 0.556. The van der Waals surface area contributed by atoms with E-state index < -0.39 is 0 Å². The first kappa shape index (κ1) is 15.6. The maximum atomic E-state index is 12.1. The van der Waals surface area contributed by atoms with Crippen LogP contribution in [-0.2, 0) is 0 Å². The maximum absolute atomic E-state index is 12.1. The molecule has 2 nitrogen and oxygen atoms in total. The van der Waals surface area contributed by atoms with Gasteiger partial charge in [0.1, 0.15) is 5.58 Å². The molecule has 2 heteroatoms. The number of benzene rings is 3. The third kappa shape index (κ3) is 2.54. The summed E-state index contributed by atoms with van der Waals surface area (Å²) in [5, 5.41) is 3.34. The van der Waals surface area contributed by atoms with Crippen molar-refractivity contribution in [3.63, 3.8) is 0 Å². The topological polar surface area (TPSA) is 30.2 Å². The number of rotatable bonds is 1. The van der Waals surface area contributed by atoms with Crippen molar-refractivity contribution in [2.75, 3.05) is 0 Å². The van der Waals surface area contributed by atoms with Crippen LogP contribution in [0.25, 0.3) is 32.9 Å². The monoisotopic (exact) mass is 328 g/mol. The normalized spacial score (nSPS) is 11.4. The fourth-order valence-corrected chi connectivity index (χ4v) is 3.57. The quantitative estimate of drug-likeness (QED) is 0.410. The van der Waals surface area contributed by atoms with Gasteiger partial charge in [-0.25, -0.2) is 4.79 Å². The molecule has 0 aliphatic rings. The van der Waals surface area contributed by atoms with E-state index in [9.17, 15) is 4.79 Å². The highest BCUT2D eigenvalue weighted by molar-refractivity contribution is 6.05. The molecule has 0 saturated carbocycles. The van der Waals surface area contributed by atoms with E-state index >= 15 is 0 Å². The Morgan fingerprint density at radius 3 is 2.28 bits per heavy atom. The Hall–Kier alpha value is -2.87. The lowest BCUT2D eigenvalue weighted by Gasteiger charge is -2.14. The van der Waals surface area contributed by atoms with Gasteiger partial charge in [-0.15, -0.1) is 0 Å². The molecule has 124 valence electrons. The van der Waals surface area contributed by atoms with Crippen LogP contribution in [0.15, 0.2) is 57.7 Å². The molecule has 0 fully saturated rings. The Bertz CT molecular complexity index is 1190. The van der Waals surface area contributed by atoms with Crippen molar-refractivity contribution in [2.24, 2.45) is 0 Å². The Labute approximate surface area is 146 Å². The highest BCUT2D eigenvalue weighted by atomic mass is 16.4. The Balaban J connectivity index is 2.19. The summed E-state index contributed by atoms with van der Waals surface area (Å²) in [4.78, 5) is 12.1. The van der Waals surface area contributed by atoms with Crippen LogP contribution in [0.3, 0.4) is 0 Å². The zero-order valence-electron chi connectivity index (χ0n) is 14.9. The van der Waals surface area contributed by atoms with Gasteiger partial charge >= 0.3 is 5.63 Å². The number of aryl methyl sites for hydroxylation is 4. The SMILES string of the molecule is Cc1ccc2c(-c3c(C)ccc4cc(C)c(=O)oc34)cc(C)cc2c1. The minimum absolute atomic E-state index is 0.271. The van der Waals surface area contributed by atoms with Gasteiger partial charge < -0.3 is 4.42 Å². The van der Waals surface area contributed by atoms with Crippen LogP contribution in [0.1, 0.15) is 22.3 Å². The molecule has 1 aromatic heterocycles. The van der Waals surface area contributed by atoms with E-state index in [0.717, 1.165) is 22.1 Å². The van der Waals surface area contributed by atoms with Gasteiger partial charge in [0.15, 0.2) is 0 Å². The molecular formula is C23H20O2. The summed E-state index contributed by atoms with van der Waals surface area (Å²) in [6.45, 7) is 8.06. The predicted molar refractivity (Wildman–Crippen MR) is 104 cm³/mol. The third-order valence-electron chi connectivity index (χ3n) is 4.81. The van der Waals surface area contributed by atoms with Crippen LogP contribution in [0.2, 0.25) is 0 Å². The van der Waals surface area contributed by atoms with Gasteiger partial charge in [0.05, 0.1) is 0 Å². The molecule has 0 bridgehead atoms. The lowest BCUT2D eigenvalue weighted by atomic mass is 9.91. The maximum Gasteiger partial charge on any atom is 0.339 e. The molecule has 4 rings (SSSR count). The molecule has 25 heavy (non-hydrogen) atoms. The molecule has 0 saturated heterocycles. The first-order valence-electron chi connectivity index (χ1n) is 8.49. The van der Waals surface area contributed by atoms with Crippen LogP contribution >= 0.6 is 0 Å². The van der Waals surface area contributed by atoms with E-state index in [0.29, 0.717) is 11.1 Å². The summed E-state index contributed by atoms with van der Waals surface area (Å²) < 4.78 is 5.72. The van der Waals surface area contributed by atoms with Crippen molar-refractivity contribution in [1.29, 1.82) is 0 Å². The van der Waals surface area contributed by atoms with Gasteiger partial charge in [0, 0.05) is 16.5 Å². The van der Waals surface area contributed by atoms with Crippen molar-refractivity contribution < 1.29 is 4.42 Å². The van der Waals surface area contributed by atoms with E-state index in [1.807, 2.05) is 12.1 Å². The molecule has 0 aliphatic heterocycles. The average Bonchev–Trinajstić information content (AvgIpc) is 2.55. The molecule has 4 aromatic rings. The van der Waals surface area contributed by atoms with Gasteiger partial charge in [0.25, 0.3) is 0 Å². The molecule has 0 spiro atoms. The van der Waals surface area contributed by atoms with Crippen molar-refractivity contribution in [1.82, 2.24) is 0 Å². The van der Waals surface area contributed by atoms with Crippen LogP contribution in [0.5, 0.6) is 0 Å². The first-order valence-corrected chi connectivity index (χ1v) is 8.49. The molecule has 0 N–H and O–H groups in total. The average molecular weight is 328 g/mol. The highest BCUT2D eigenvalue weighted by Crippen LogP contribution is 2.37. The van der Waals surface area contributed by atoms with Crippen molar-refractivity contribution >= 4 is 21.7 Å². The van der Waals surface area contributed by atoms with Gasteiger partial charge in [0.2, 0.25) is 0 Å². The Morgan fingerprint density at radius 2 is 1.48 bits per heavy atom. The highest BCUT2D eigenvalue weighted by Gasteiger charge is 2.15. The summed E-state index contributed by atoms with van der Waals surface area (Å²) in [5.41, 5.74) is 6.69. The van der Waals surface area contributed by atoms with Gasteiger partial charge in [-0.2, -0.15) is 0 Å². The van der Waals surface area contributed by atoms with Gasteiger partial charge in [-0.05, 0) is 61.2 Å². The minimum Gasteiger partial charge on any atom is -0.422 e. The fraction of sp³-hybridized carbons (Fsp3) is 0.174. The second kappa shape index (κ2) is 5.59. The minimum atomic E-state index is -0.271. The van der Waals surface area contributed by atoms with Crippen LogP contribution in [-0.4, -0.2) is 0 Å². The van der Waals surface area contributed by atoms with E-state index in [-0.39, 0.29) is 5.63 Å². The summed E-state index contributed by atoms with van der Waals surface area (Å²) in [5.74, 6) is 0. The van der Waals surface area contributed by atoms with Gasteiger partial charge in [-0.1, -0.05) is 48.0 Å². The molecule has 0 aliphatic carbocycles. The van der Waals surface area contributed by atoms with E-state index in [1.54, 1.807) is 6.92 Å². The van der Waals surface area contributed by atoms with Crippen LogP contribution in [0.4, 0.5) is 0 Å². The number of hydrogen-bond donors (Lipinski definition) is 0. The first-order chi connectivity index (χ1) is 11.9. The van der Waals surface area contributed by atoms with Crippen molar-refractivity contribution in [3.8, 4) is 11.1 Å². The molecular weight excluding hydrogens is 308 g/mol. The molecule has 1 heterocycles. The largest absolute Gasteiger partial charge is 0.422 e. The smallest absolute Gasteiger partial charge is 0.339 e. The number of hydrogen-bond acceptors (Lipinski definition) is 2. The molecule has 3 aromatic carbocycles. The zero-order valence-corrected chi connectivity index (χ0v) is 14.9. The summed E-state index contributed by atoms with van der Waals surface area (Å²) >= 11 is 0. The molecule has 0 radical (unpaired) electrons. The number of fused-ring (bicyclic) bond motifs is 2. The standard InChI is InChI=1S/C23H20O2/c1-13-5-8-19-18(9-13)10-14(2)11-20(19)21-15(3)6-7-17-12-16(4)23(24)25-22(17)21/h5-12H,1-4H3. The van der Waals surface area contributed by atoms with Crippen molar-refractivity contribution in [2.45, 2.75) is 27.7 Å². The molecule has 0 unspecified atom stereocenters. The summed E-state index contributed by atoms with van der Waals surface area (Å²) in [6, 6.07) is 16.9. The lowest BCUT2D eigenvalue weighted by Crippen LogP contribution is -2.03. The van der Waals surface area contributed by atoms with E-state index in [1.165, 1.54) is 21.9 Å². The second-order valence-corrected chi connectivity index (χ2v) is 6.93.